The molecule has 0 radical (unpaired) electrons. The average Bonchev–Trinajstić information content (AvgIpc) is 2.62. The second-order valence-corrected chi connectivity index (χ2v) is 6.23. The van der Waals surface area contributed by atoms with Gasteiger partial charge in [0, 0.05) is 18.3 Å². The molecule has 0 saturated carbocycles. The Kier molecular flexibility index (Phi) is 5.27. The lowest BCUT2D eigenvalue weighted by molar-refractivity contribution is 0.102. The first-order valence-corrected chi connectivity index (χ1v) is 8.54. The highest BCUT2D eigenvalue weighted by molar-refractivity contribution is 6.03. The van der Waals surface area contributed by atoms with Gasteiger partial charge in [-0.2, -0.15) is 0 Å². The maximum Gasteiger partial charge on any atom is 0.274 e. The van der Waals surface area contributed by atoms with Gasteiger partial charge in [-0.25, -0.2) is 9.97 Å². The number of hydrogen-bond donors (Lipinski definition) is 2. The Morgan fingerprint density at radius 3 is 2.35 bits per heavy atom. The number of carbonyl (C=O) groups excluding carboxylic acids is 1. The molecule has 1 amide bonds. The van der Waals surface area contributed by atoms with Crippen molar-refractivity contribution in [3.63, 3.8) is 0 Å². The Bertz CT molecular complexity index is 937. The number of hydrogen-bond acceptors (Lipinski definition) is 4. The summed E-state index contributed by atoms with van der Waals surface area (Å²) in [6.45, 7) is 6.45. The van der Waals surface area contributed by atoms with Gasteiger partial charge in [-0.15, -0.1) is 0 Å². The van der Waals surface area contributed by atoms with Crippen LogP contribution in [0.25, 0.3) is 0 Å². The van der Waals surface area contributed by atoms with Gasteiger partial charge in [0.25, 0.3) is 5.91 Å². The topological polar surface area (TPSA) is 66.9 Å². The van der Waals surface area contributed by atoms with Crippen molar-refractivity contribution < 1.29 is 4.79 Å². The van der Waals surface area contributed by atoms with Crippen LogP contribution >= 0.6 is 0 Å². The molecule has 0 atom stereocenters. The van der Waals surface area contributed by atoms with Crippen LogP contribution in [-0.4, -0.2) is 15.9 Å². The predicted molar refractivity (Wildman–Crippen MR) is 104 cm³/mol. The summed E-state index contributed by atoms with van der Waals surface area (Å²) in [7, 11) is 0. The standard InChI is InChI=1S/C21H22N4O/c1-14-8-4-6-10-17(14)13-22-20-12-19(23-16(3)24-20)21(26)25-18-11-7-5-9-15(18)2/h4-12H,13H2,1-3H3,(H,25,26)(H,22,23,24). The van der Waals surface area contributed by atoms with Crippen molar-refractivity contribution in [2.45, 2.75) is 27.3 Å². The van der Waals surface area contributed by atoms with E-state index in [-0.39, 0.29) is 5.91 Å². The second kappa shape index (κ2) is 7.78. The third kappa shape index (κ3) is 4.25. The van der Waals surface area contributed by atoms with Gasteiger partial charge in [0.15, 0.2) is 0 Å². The SMILES string of the molecule is Cc1nc(NCc2ccccc2C)cc(C(=O)Nc2ccccc2C)n1. The third-order valence-electron chi connectivity index (χ3n) is 4.19. The van der Waals surface area contributed by atoms with E-state index in [1.807, 2.05) is 43.3 Å². The summed E-state index contributed by atoms with van der Waals surface area (Å²) in [5.41, 5.74) is 4.53. The van der Waals surface area contributed by atoms with Crippen molar-refractivity contribution in [1.29, 1.82) is 0 Å². The zero-order valence-corrected chi connectivity index (χ0v) is 15.2. The number of para-hydroxylation sites is 1. The van der Waals surface area contributed by atoms with E-state index in [9.17, 15) is 4.79 Å². The number of benzene rings is 2. The predicted octanol–water partition coefficient (Wildman–Crippen LogP) is 4.27. The lowest BCUT2D eigenvalue weighted by atomic mass is 10.1. The van der Waals surface area contributed by atoms with E-state index in [1.54, 1.807) is 13.0 Å². The Morgan fingerprint density at radius 2 is 1.62 bits per heavy atom. The molecule has 0 spiro atoms. The molecular formula is C21H22N4O. The van der Waals surface area contributed by atoms with Crippen LogP contribution in [0.5, 0.6) is 0 Å². The largest absolute Gasteiger partial charge is 0.366 e. The molecule has 0 unspecified atom stereocenters. The number of rotatable bonds is 5. The number of aryl methyl sites for hydroxylation is 3. The van der Waals surface area contributed by atoms with Gasteiger partial charge in [0.1, 0.15) is 17.3 Å². The highest BCUT2D eigenvalue weighted by Crippen LogP contribution is 2.16. The quantitative estimate of drug-likeness (QED) is 0.724. The normalized spacial score (nSPS) is 10.4. The molecule has 0 bridgehead atoms. The summed E-state index contributed by atoms with van der Waals surface area (Å²) in [4.78, 5) is 21.2. The van der Waals surface area contributed by atoms with Crippen LogP contribution in [0.1, 0.15) is 33.0 Å². The minimum absolute atomic E-state index is 0.247. The average molecular weight is 346 g/mol. The highest BCUT2D eigenvalue weighted by atomic mass is 16.1. The van der Waals surface area contributed by atoms with E-state index in [1.165, 1.54) is 11.1 Å². The van der Waals surface area contributed by atoms with E-state index < -0.39 is 0 Å². The molecule has 3 aromatic rings. The van der Waals surface area contributed by atoms with Crippen LogP contribution in [-0.2, 0) is 6.54 Å². The summed E-state index contributed by atoms with van der Waals surface area (Å²) in [6.07, 6.45) is 0. The van der Waals surface area contributed by atoms with E-state index in [2.05, 4.69) is 39.7 Å². The van der Waals surface area contributed by atoms with Crippen LogP contribution in [0.4, 0.5) is 11.5 Å². The number of carbonyl (C=O) groups is 1. The maximum atomic E-state index is 12.6. The number of nitrogens with one attached hydrogen (secondary N) is 2. The molecule has 0 aliphatic carbocycles. The summed E-state index contributed by atoms with van der Waals surface area (Å²) >= 11 is 0. The number of aromatic nitrogens is 2. The summed E-state index contributed by atoms with van der Waals surface area (Å²) < 4.78 is 0. The number of amides is 1. The third-order valence-corrected chi connectivity index (χ3v) is 4.19. The first-order chi connectivity index (χ1) is 12.5. The van der Waals surface area contributed by atoms with Crippen molar-refractivity contribution in [2.75, 3.05) is 10.6 Å². The van der Waals surface area contributed by atoms with E-state index in [0.29, 0.717) is 23.9 Å². The smallest absolute Gasteiger partial charge is 0.274 e. The van der Waals surface area contributed by atoms with Gasteiger partial charge in [-0.1, -0.05) is 42.5 Å². The molecule has 2 N–H and O–H groups in total. The minimum atomic E-state index is -0.247. The molecule has 0 aliphatic rings. The molecule has 26 heavy (non-hydrogen) atoms. The minimum Gasteiger partial charge on any atom is -0.366 e. The summed E-state index contributed by atoms with van der Waals surface area (Å²) in [6, 6.07) is 17.5. The lowest BCUT2D eigenvalue weighted by Gasteiger charge is -2.11. The molecule has 0 aliphatic heterocycles. The van der Waals surface area contributed by atoms with Gasteiger partial charge in [-0.05, 0) is 43.5 Å². The Labute approximate surface area is 153 Å². The Hall–Kier alpha value is -3.21. The van der Waals surface area contributed by atoms with Gasteiger partial charge >= 0.3 is 0 Å². The zero-order valence-electron chi connectivity index (χ0n) is 15.2. The van der Waals surface area contributed by atoms with Crippen LogP contribution in [0.3, 0.4) is 0 Å². The van der Waals surface area contributed by atoms with Gasteiger partial charge < -0.3 is 10.6 Å². The molecule has 132 valence electrons. The number of nitrogens with zero attached hydrogens (tertiary/aromatic N) is 2. The molecule has 0 fully saturated rings. The van der Waals surface area contributed by atoms with Crippen molar-refractivity contribution in [3.05, 3.63) is 82.8 Å². The maximum absolute atomic E-state index is 12.6. The molecule has 5 heteroatoms. The Morgan fingerprint density at radius 1 is 0.923 bits per heavy atom. The first kappa shape index (κ1) is 17.6. The van der Waals surface area contributed by atoms with Crippen LogP contribution in [0, 0.1) is 20.8 Å². The van der Waals surface area contributed by atoms with Crippen LogP contribution in [0.2, 0.25) is 0 Å². The van der Waals surface area contributed by atoms with E-state index in [4.69, 9.17) is 0 Å². The molecule has 1 aromatic heterocycles. The van der Waals surface area contributed by atoms with Crippen LogP contribution in [0.15, 0.2) is 54.6 Å². The van der Waals surface area contributed by atoms with Crippen molar-refractivity contribution >= 4 is 17.4 Å². The van der Waals surface area contributed by atoms with Gasteiger partial charge in [0.2, 0.25) is 0 Å². The molecule has 5 nitrogen and oxygen atoms in total. The molecule has 3 rings (SSSR count). The van der Waals surface area contributed by atoms with Crippen molar-refractivity contribution in [1.82, 2.24) is 9.97 Å². The molecule has 0 saturated heterocycles. The Balaban J connectivity index is 1.76. The molecule has 2 aromatic carbocycles. The number of anilines is 2. The summed E-state index contributed by atoms with van der Waals surface area (Å²) in [5, 5.41) is 6.19. The zero-order chi connectivity index (χ0) is 18.5. The van der Waals surface area contributed by atoms with Crippen LogP contribution < -0.4 is 10.6 Å². The van der Waals surface area contributed by atoms with E-state index in [0.717, 1.165) is 11.3 Å². The lowest BCUT2D eigenvalue weighted by Crippen LogP contribution is -2.16. The fourth-order valence-corrected chi connectivity index (χ4v) is 2.67. The fourth-order valence-electron chi connectivity index (χ4n) is 2.67. The first-order valence-electron chi connectivity index (χ1n) is 8.54. The molecule has 1 heterocycles. The van der Waals surface area contributed by atoms with Gasteiger partial charge in [-0.3, -0.25) is 4.79 Å². The second-order valence-electron chi connectivity index (χ2n) is 6.23. The molecular weight excluding hydrogens is 324 g/mol. The van der Waals surface area contributed by atoms with Gasteiger partial charge in [0.05, 0.1) is 0 Å². The van der Waals surface area contributed by atoms with Crippen molar-refractivity contribution in [2.24, 2.45) is 0 Å². The van der Waals surface area contributed by atoms with E-state index >= 15 is 0 Å². The highest BCUT2D eigenvalue weighted by Gasteiger charge is 2.12. The van der Waals surface area contributed by atoms with Crippen molar-refractivity contribution in [3.8, 4) is 0 Å². The summed E-state index contributed by atoms with van der Waals surface area (Å²) in [5.74, 6) is 0.939. The monoisotopic (exact) mass is 346 g/mol. The fraction of sp³-hybridized carbons (Fsp3) is 0.190.